The summed E-state index contributed by atoms with van der Waals surface area (Å²) in [7, 11) is 3.93. The lowest BCUT2D eigenvalue weighted by molar-refractivity contribution is -0.140. The van der Waals surface area contributed by atoms with Crippen LogP contribution >= 0.6 is 0 Å². The van der Waals surface area contributed by atoms with Gasteiger partial charge >= 0.3 is 5.97 Å². The highest BCUT2D eigenvalue weighted by atomic mass is 16.4. The topological polar surface area (TPSA) is 40.5 Å². The van der Waals surface area contributed by atoms with Gasteiger partial charge in [0.2, 0.25) is 0 Å². The molecular formula is C14H19NO2. The molecule has 1 N–H and O–H groups in total. The van der Waals surface area contributed by atoms with Crippen molar-refractivity contribution in [1.29, 1.82) is 0 Å². The molecule has 1 aliphatic rings. The molecule has 2 rings (SSSR count). The molecule has 0 aliphatic heterocycles. The molecule has 1 fully saturated rings. The minimum absolute atomic E-state index is 0.627. The number of carboxylic acid groups (broad SMARTS) is 1. The lowest BCUT2D eigenvalue weighted by Crippen LogP contribution is -2.24. The molecule has 3 heteroatoms. The molecule has 1 aromatic rings. The number of aliphatic carboxylic acids is 1. The third-order valence-electron chi connectivity index (χ3n) is 3.77. The number of hydrogen-bond acceptors (Lipinski definition) is 2. The second-order valence-corrected chi connectivity index (χ2v) is 5.24. The van der Waals surface area contributed by atoms with Crippen LogP contribution in [0.2, 0.25) is 0 Å². The summed E-state index contributed by atoms with van der Waals surface area (Å²) in [4.78, 5) is 13.4. The summed E-state index contributed by atoms with van der Waals surface area (Å²) in [6, 6.07) is 4.14. The van der Waals surface area contributed by atoms with E-state index in [1.807, 2.05) is 32.0 Å². The Labute approximate surface area is 102 Å². The number of carboxylic acids is 1. The normalized spacial score (nSPS) is 16.7. The van der Waals surface area contributed by atoms with E-state index in [1.54, 1.807) is 0 Å². The molecule has 1 aliphatic carbocycles. The first-order valence-electron chi connectivity index (χ1n) is 5.91. The van der Waals surface area contributed by atoms with E-state index in [0.717, 1.165) is 29.7 Å². The maximum Gasteiger partial charge on any atom is 0.314 e. The molecule has 3 nitrogen and oxygen atoms in total. The van der Waals surface area contributed by atoms with Gasteiger partial charge in [0.25, 0.3) is 0 Å². The van der Waals surface area contributed by atoms with E-state index in [-0.39, 0.29) is 0 Å². The van der Waals surface area contributed by atoms with Gasteiger partial charge in [0.15, 0.2) is 0 Å². The zero-order valence-corrected chi connectivity index (χ0v) is 10.9. The largest absolute Gasteiger partial charge is 0.481 e. The van der Waals surface area contributed by atoms with Crippen LogP contribution in [-0.4, -0.2) is 25.2 Å². The Hall–Kier alpha value is -1.51. The van der Waals surface area contributed by atoms with Gasteiger partial charge in [0.05, 0.1) is 5.41 Å². The molecule has 0 spiro atoms. The summed E-state index contributed by atoms with van der Waals surface area (Å²) in [6.07, 6.45) is 1.51. The number of anilines is 1. The zero-order chi connectivity index (χ0) is 12.8. The molecule has 0 amide bonds. The summed E-state index contributed by atoms with van der Waals surface area (Å²) in [5.74, 6) is -0.691. The van der Waals surface area contributed by atoms with Crippen molar-refractivity contribution in [2.75, 3.05) is 19.0 Å². The fourth-order valence-corrected chi connectivity index (χ4v) is 2.28. The van der Waals surface area contributed by atoms with E-state index < -0.39 is 11.4 Å². The average molecular weight is 233 g/mol. The van der Waals surface area contributed by atoms with E-state index in [1.165, 1.54) is 5.56 Å². The fraction of sp³-hybridized carbons (Fsp3) is 0.500. The van der Waals surface area contributed by atoms with E-state index in [4.69, 9.17) is 0 Å². The molecule has 1 aromatic carbocycles. The number of hydrogen-bond donors (Lipinski definition) is 1. The maximum atomic E-state index is 11.4. The predicted octanol–water partition coefficient (Wildman–Crippen LogP) is 2.49. The Balaban J connectivity index is 2.60. The first-order chi connectivity index (χ1) is 7.88. The van der Waals surface area contributed by atoms with Crippen LogP contribution in [-0.2, 0) is 10.2 Å². The summed E-state index contributed by atoms with van der Waals surface area (Å²) < 4.78 is 0. The van der Waals surface area contributed by atoms with Crippen LogP contribution in [0.3, 0.4) is 0 Å². The van der Waals surface area contributed by atoms with Crippen LogP contribution in [0.15, 0.2) is 12.1 Å². The molecule has 0 bridgehead atoms. The highest BCUT2D eigenvalue weighted by molar-refractivity contribution is 5.87. The van der Waals surface area contributed by atoms with Crippen LogP contribution in [0.25, 0.3) is 0 Å². The third-order valence-corrected chi connectivity index (χ3v) is 3.77. The zero-order valence-electron chi connectivity index (χ0n) is 10.9. The van der Waals surface area contributed by atoms with Crippen molar-refractivity contribution < 1.29 is 9.90 Å². The molecule has 0 heterocycles. The highest BCUT2D eigenvalue weighted by Crippen LogP contribution is 2.51. The van der Waals surface area contributed by atoms with Crippen LogP contribution < -0.4 is 4.90 Å². The van der Waals surface area contributed by atoms with Crippen molar-refractivity contribution in [3.05, 3.63) is 28.8 Å². The van der Waals surface area contributed by atoms with Crippen LogP contribution in [0.5, 0.6) is 0 Å². The summed E-state index contributed by atoms with van der Waals surface area (Å²) in [5, 5.41) is 9.41. The SMILES string of the molecule is Cc1cc(N(C)C)c(C2(C(=O)O)CC2)cc1C. The van der Waals surface area contributed by atoms with Gasteiger partial charge in [0, 0.05) is 19.8 Å². The highest BCUT2D eigenvalue weighted by Gasteiger charge is 2.53. The van der Waals surface area contributed by atoms with Gasteiger partial charge in [-0.2, -0.15) is 0 Å². The molecule has 0 atom stereocenters. The molecule has 92 valence electrons. The Kier molecular flexibility index (Phi) is 2.64. The second-order valence-electron chi connectivity index (χ2n) is 5.24. The van der Waals surface area contributed by atoms with Gasteiger partial charge in [-0.15, -0.1) is 0 Å². The molecule has 0 radical (unpaired) electrons. The van der Waals surface area contributed by atoms with Crippen LogP contribution in [0.4, 0.5) is 5.69 Å². The third kappa shape index (κ3) is 1.79. The van der Waals surface area contributed by atoms with Gasteiger partial charge < -0.3 is 10.0 Å². The standard InChI is InChI=1S/C14H19NO2/c1-9-7-11(14(5-6-14)13(16)17)12(15(3)4)8-10(9)2/h7-8H,5-6H2,1-4H3,(H,16,17). The molecule has 17 heavy (non-hydrogen) atoms. The van der Waals surface area contributed by atoms with Gasteiger partial charge in [-0.1, -0.05) is 6.07 Å². The number of rotatable bonds is 3. The van der Waals surface area contributed by atoms with Gasteiger partial charge in [-0.05, 0) is 49.4 Å². The number of benzene rings is 1. The van der Waals surface area contributed by atoms with E-state index in [0.29, 0.717) is 0 Å². The fourth-order valence-electron chi connectivity index (χ4n) is 2.28. The van der Waals surface area contributed by atoms with Gasteiger partial charge in [-0.25, -0.2) is 0 Å². The summed E-state index contributed by atoms with van der Waals surface area (Å²) >= 11 is 0. The van der Waals surface area contributed by atoms with E-state index in [9.17, 15) is 9.90 Å². The van der Waals surface area contributed by atoms with Crippen molar-refractivity contribution in [3.8, 4) is 0 Å². The Bertz CT molecular complexity index is 473. The Morgan fingerprint density at radius 1 is 1.24 bits per heavy atom. The van der Waals surface area contributed by atoms with Crippen molar-refractivity contribution >= 4 is 11.7 Å². The van der Waals surface area contributed by atoms with Gasteiger partial charge in [0.1, 0.15) is 0 Å². The molecule has 0 unspecified atom stereocenters. The Morgan fingerprint density at radius 2 is 1.76 bits per heavy atom. The monoisotopic (exact) mass is 233 g/mol. The molecular weight excluding hydrogens is 214 g/mol. The Morgan fingerprint density at radius 3 is 2.18 bits per heavy atom. The van der Waals surface area contributed by atoms with Crippen LogP contribution in [0, 0.1) is 13.8 Å². The first-order valence-corrected chi connectivity index (χ1v) is 5.91. The summed E-state index contributed by atoms with van der Waals surface area (Å²) in [6.45, 7) is 4.10. The lowest BCUT2D eigenvalue weighted by atomic mass is 9.90. The number of nitrogens with zero attached hydrogens (tertiary/aromatic N) is 1. The number of aryl methyl sites for hydroxylation is 2. The average Bonchev–Trinajstić information content (AvgIpc) is 3.02. The minimum Gasteiger partial charge on any atom is -0.481 e. The van der Waals surface area contributed by atoms with E-state index >= 15 is 0 Å². The van der Waals surface area contributed by atoms with Crippen LogP contribution in [0.1, 0.15) is 29.5 Å². The molecule has 0 saturated heterocycles. The van der Waals surface area contributed by atoms with Crippen molar-refractivity contribution in [2.24, 2.45) is 0 Å². The second kappa shape index (κ2) is 3.76. The smallest absolute Gasteiger partial charge is 0.314 e. The number of carbonyl (C=O) groups is 1. The van der Waals surface area contributed by atoms with Crippen molar-refractivity contribution in [1.82, 2.24) is 0 Å². The van der Waals surface area contributed by atoms with E-state index in [2.05, 4.69) is 13.0 Å². The van der Waals surface area contributed by atoms with Crippen molar-refractivity contribution in [2.45, 2.75) is 32.1 Å². The molecule has 0 aromatic heterocycles. The summed E-state index contributed by atoms with van der Waals surface area (Å²) in [5.41, 5.74) is 3.75. The van der Waals surface area contributed by atoms with Gasteiger partial charge in [-0.3, -0.25) is 4.79 Å². The van der Waals surface area contributed by atoms with Crippen molar-refractivity contribution in [3.63, 3.8) is 0 Å². The first kappa shape index (κ1) is 12.0. The maximum absolute atomic E-state index is 11.4. The predicted molar refractivity (Wildman–Crippen MR) is 68.8 cm³/mol. The molecule has 1 saturated carbocycles. The lowest BCUT2D eigenvalue weighted by Gasteiger charge is -2.23. The quantitative estimate of drug-likeness (QED) is 0.872. The minimum atomic E-state index is -0.691.